The lowest BCUT2D eigenvalue weighted by molar-refractivity contribution is -0.119. The van der Waals surface area contributed by atoms with Crippen LogP contribution < -0.4 is 16.0 Å². The van der Waals surface area contributed by atoms with Gasteiger partial charge >= 0.3 is 6.09 Å². The fourth-order valence-electron chi connectivity index (χ4n) is 3.08. The highest BCUT2D eigenvalue weighted by molar-refractivity contribution is 7.98. The first-order chi connectivity index (χ1) is 17.3. The lowest BCUT2D eigenvalue weighted by atomic mass is 10.2. The van der Waals surface area contributed by atoms with Crippen molar-refractivity contribution in [1.29, 1.82) is 0 Å². The summed E-state index contributed by atoms with van der Waals surface area (Å²) in [5.41, 5.74) is 2.02. The van der Waals surface area contributed by atoms with Gasteiger partial charge in [-0.25, -0.2) is 14.2 Å². The van der Waals surface area contributed by atoms with Crippen molar-refractivity contribution < 1.29 is 19.1 Å². The van der Waals surface area contributed by atoms with E-state index >= 15 is 0 Å². The summed E-state index contributed by atoms with van der Waals surface area (Å²) < 4.78 is 13.5. The Balaban J connectivity index is 1.69. The van der Waals surface area contributed by atoms with Crippen molar-refractivity contribution in [2.75, 3.05) is 29.5 Å². The molecule has 1 unspecified atom stereocenters. The molecule has 9 nitrogen and oxygen atoms in total. The lowest BCUT2D eigenvalue weighted by Crippen LogP contribution is -2.42. The fraction of sp³-hybridized carbons (Fsp3) is 0.280. The normalized spacial score (nSPS) is 11.4. The Kier molecular flexibility index (Phi) is 9.46. The van der Waals surface area contributed by atoms with Gasteiger partial charge in [-0.3, -0.25) is 9.69 Å². The van der Waals surface area contributed by atoms with Gasteiger partial charge < -0.3 is 21.1 Å². The molecule has 3 aromatic rings. The minimum atomic E-state index is -1.17. The first-order valence-electron chi connectivity index (χ1n) is 11.4. The molecular weight excluding hydrogens is 483 g/mol. The number of nitrogens with zero attached hydrogens (tertiary/aromatic N) is 3. The molecule has 36 heavy (non-hydrogen) atoms. The maximum absolute atomic E-state index is 13.5. The third kappa shape index (κ3) is 7.57. The SMILES string of the molecule is CCCNc1nc(Nc2cccc(F)c2)ncc1CSc1cccc(NC(=O)C(C)N(C)C(=O)O)c1. The van der Waals surface area contributed by atoms with Gasteiger partial charge in [0.1, 0.15) is 17.7 Å². The number of rotatable bonds is 11. The van der Waals surface area contributed by atoms with Crippen LogP contribution in [0.5, 0.6) is 0 Å². The molecular formula is C25H29FN6O3S. The van der Waals surface area contributed by atoms with Crippen molar-refractivity contribution in [3.05, 3.63) is 66.1 Å². The Hall–Kier alpha value is -3.86. The van der Waals surface area contributed by atoms with Crippen LogP contribution in [0.15, 0.2) is 59.6 Å². The quantitative estimate of drug-likeness (QED) is 0.252. The Morgan fingerprint density at radius 2 is 1.92 bits per heavy atom. The summed E-state index contributed by atoms with van der Waals surface area (Å²) in [5, 5.41) is 18.2. The molecule has 1 aromatic heterocycles. The maximum Gasteiger partial charge on any atom is 0.407 e. The van der Waals surface area contributed by atoms with Gasteiger partial charge in [0.2, 0.25) is 11.9 Å². The standard InChI is InChI=1S/C25H29FN6O3S/c1-4-11-27-22-17(14-28-24(31-22)30-19-8-5-7-18(26)12-19)15-36-21-10-6-9-20(13-21)29-23(33)16(2)32(3)25(34)35/h5-10,12-14,16H,4,11,15H2,1-3H3,(H,29,33)(H,34,35)(H2,27,28,30,31). The number of carbonyl (C=O) groups is 2. The fourth-order valence-corrected chi connectivity index (χ4v) is 4.00. The first-order valence-corrected chi connectivity index (χ1v) is 12.4. The second kappa shape index (κ2) is 12.7. The Labute approximate surface area is 213 Å². The molecule has 0 bridgehead atoms. The van der Waals surface area contributed by atoms with E-state index in [0.29, 0.717) is 28.9 Å². The van der Waals surface area contributed by atoms with Gasteiger partial charge in [0, 0.05) is 47.4 Å². The number of hydrogen-bond donors (Lipinski definition) is 4. The molecule has 2 amide bonds. The van der Waals surface area contributed by atoms with Crippen LogP contribution in [-0.2, 0) is 10.5 Å². The lowest BCUT2D eigenvalue weighted by Gasteiger charge is -2.21. The summed E-state index contributed by atoms with van der Waals surface area (Å²) in [4.78, 5) is 34.3. The number of carbonyl (C=O) groups excluding carboxylic acids is 1. The summed E-state index contributed by atoms with van der Waals surface area (Å²) >= 11 is 1.55. The van der Waals surface area contributed by atoms with Crippen molar-refractivity contribution in [2.24, 2.45) is 0 Å². The van der Waals surface area contributed by atoms with Crippen LogP contribution in [0.3, 0.4) is 0 Å². The van der Waals surface area contributed by atoms with Crippen molar-refractivity contribution in [1.82, 2.24) is 14.9 Å². The van der Waals surface area contributed by atoms with E-state index in [1.54, 1.807) is 36.2 Å². The number of halogens is 1. The van der Waals surface area contributed by atoms with E-state index < -0.39 is 18.0 Å². The van der Waals surface area contributed by atoms with E-state index in [4.69, 9.17) is 5.11 Å². The molecule has 4 N–H and O–H groups in total. The predicted octanol–water partition coefficient (Wildman–Crippen LogP) is 5.41. The van der Waals surface area contributed by atoms with E-state index in [0.717, 1.165) is 28.3 Å². The molecule has 0 spiro atoms. The van der Waals surface area contributed by atoms with E-state index in [-0.39, 0.29) is 5.82 Å². The zero-order valence-corrected chi connectivity index (χ0v) is 21.1. The number of anilines is 4. The molecule has 3 rings (SSSR count). The monoisotopic (exact) mass is 512 g/mol. The number of carboxylic acid groups (broad SMARTS) is 1. The molecule has 0 aliphatic heterocycles. The second-order valence-corrected chi connectivity index (χ2v) is 9.05. The third-order valence-electron chi connectivity index (χ3n) is 5.25. The van der Waals surface area contributed by atoms with Gasteiger partial charge in [-0.05, 0) is 49.7 Å². The van der Waals surface area contributed by atoms with Crippen LogP contribution >= 0.6 is 11.8 Å². The number of amides is 2. The highest BCUT2D eigenvalue weighted by Crippen LogP contribution is 2.28. The van der Waals surface area contributed by atoms with Crippen LogP contribution in [0, 0.1) is 5.82 Å². The second-order valence-electron chi connectivity index (χ2n) is 8.00. The number of aromatic nitrogens is 2. The van der Waals surface area contributed by atoms with Crippen LogP contribution in [0.2, 0.25) is 0 Å². The number of thioether (sulfide) groups is 1. The molecule has 0 aliphatic rings. The minimum Gasteiger partial charge on any atom is -0.465 e. The highest BCUT2D eigenvalue weighted by atomic mass is 32.2. The number of likely N-dealkylation sites (N-methyl/N-ethyl adjacent to an activating group) is 1. The largest absolute Gasteiger partial charge is 0.465 e. The molecule has 190 valence electrons. The molecule has 0 saturated carbocycles. The minimum absolute atomic E-state index is 0.348. The Bertz CT molecular complexity index is 1210. The molecule has 2 aromatic carbocycles. The number of nitrogens with one attached hydrogen (secondary N) is 3. The van der Waals surface area contributed by atoms with Gasteiger partial charge in [-0.1, -0.05) is 19.1 Å². The van der Waals surface area contributed by atoms with Crippen LogP contribution in [0.4, 0.5) is 32.3 Å². The summed E-state index contributed by atoms with van der Waals surface area (Å²) in [7, 11) is 1.35. The van der Waals surface area contributed by atoms with Gasteiger partial charge in [-0.2, -0.15) is 4.98 Å². The Morgan fingerprint density at radius 1 is 1.17 bits per heavy atom. The topological polar surface area (TPSA) is 119 Å². The first kappa shape index (κ1) is 26.7. The van der Waals surface area contributed by atoms with Crippen molar-refractivity contribution in [3.63, 3.8) is 0 Å². The average Bonchev–Trinajstić information content (AvgIpc) is 2.86. The zero-order chi connectivity index (χ0) is 26.1. The third-order valence-corrected chi connectivity index (χ3v) is 6.29. The van der Waals surface area contributed by atoms with Gasteiger partial charge in [-0.15, -0.1) is 11.8 Å². The molecule has 0 fully saturated rings. The smallest absolute Gasteiger partial charge is 0.407 e. The number of benzene rings is 2. The van der Waals surface area contributed by atoms with Crippen molar-refractivity contribution in [3.8, 4) is 0 Å². The molecule has 11 heteroatoms. The summed E-state index contributed by atoms with van der Waals surface area (Å²) in [6.07, 6.45) is 1.48. The summed E-state index contributed by atoms with van der Waals surface area (Å²) in [5.74, 6) is 0.857. The van der Waals surface area contributed by atoms with E-state index in [2.05, 4.69) is 32.8 Å². The average molecular weight is 513 g/mol. The van der Waals surface area contributed by atoms with Crippen LogP contribution in [0.25, 0.3) is 0 Å². The van der Waals surface area contributed by atoms with Crippen LogP contribution in [0.1, 0.15) is 25.8 Å². The highest BCUT2D eigenvalue weighted by Gasteiger charge is 2.21. The van der Waals surface area contributed by atoms with Crippen molar-refractivity contribution >= 4 is 46.9 Å². The maximum atomic E-state index is 13.5. The van der Waals surface area contributed by atoms with Gasteiger partial charge in [0.25, 0.3) is 0 Å². The predicted molar refractivity (Wildman–Crippen MR) is 140 cm³/mol. The Morgan fingerprint density at radius 3 is 2.64 bits per heavy atom. The van der Waals surface area contributed by atoms with E-state index in [1.165, 1.54) is 26.1 Å². The van der Waals surface area contributed by atoms with E-state index in [1.807, 2.05) is 18.2 Å². The zero-order valence-electron chi connectivity index (χ0n) is 20.3. The molecule has 0 aliphatic carbocycles. The molecule has 1 heterocycles. The molecule has 1 atom stereocenters. The summed E-state index contributed by atoms with van der Waals surface area (Å²) in [6.45, 7) is 4.32. The molecule has 0 radical (unpaired) electrons. The van der Waals surface area contributed by atoms with Gasteiger partial charge in [0.05, 0.1) is 0 Å². The van der Waals surface area contributed by atoms with Gasteiger partial charge in [0.15, 0.2) is 0 Å². The molecule has 0 saturated heterocycles. The summed E-state index contributed by atoms with van der Waals surface area (Å²) in [6, 6.07) is 12.6. The van der Waals surface area contributed by atoms with Crippen molar-refractivity contribution in [2.45, 2.75) is 37.0 Å². The van der Waals surface area contributed by atoms with Crippen LogP contribution in [-0.4, -0.2) is 51.6 Å². The van der Waals surface area contributed by atoms with E-state index in [9.17, 15) is 14.0 Å². The number of hydrogen-bond acceptors (Lipinski definition) is 7.